The number of carboxylic acid groups (broad SMARTS) is 1. The number of thioether (sulfide) groups is 1. The third kappa shape index (κ3) is 3.82. The number of aliphatic carboxylic acids is 1. The average Bonchev–Trinajstić information content (AvgIpc) is 2.67. The molecule has 0 saturated carbocycles. The molecule has 0 spiro atoms. The SMILES string of the molecule is O=C(O)CCc1ccc(CC2SC(=O)NC2=O)cc1. The molecule has 6 heteroatoms. The van der Waals surface area contributed by atoms with Gasteiger partial charge in [0.1, 0.15) is 0 Å². The molecule has 1 fully saturated rings. The molecular weight excluding hydrogens is 266 g/mol. The minimum Gasteiger partial charge on any atom is -0.481 e. The van der Waals surface area contributed by atoms with E-state index in [1.54, 1.807) is 0 Å². The van der Waals surface area contributed by atoms with Gasteiger partial charge in [0.2, 0.25) is 5.91 Å². The third-order valence-corrected chi connectivity index (χ3v) is 3.82. The van der Waals surface area contributed by atoms with Gasteiger partial charge < -0.3 is 5.11 Å². The summed E-state index contributed by atoms with van der Waals surface area (Å²) in [5.41, 5.74) is 1.91. The van der Waals surface area contributed by atoms with Crippen molar-refractivity contribution in [3.8, 4) is 0 Å². The van der Waals surface area contributed by atoms with E-state index in [1.165, 1.54) is 0 Å². The fourth-order valence-corrected chi connectivity index (χ4v) is 2.69. The van der Waals surface area contributed by atoms with Crippen LogP contribution in [0.4, 0.5) is 4.79 Å². The van der Waals surface area contributed by atoms with Gasteiger partial charge in [-0.05, 0) is 24.0 Å². The Morgan fingerprint density at radius 3 is 2.37 bits per heavy atom. The number of amides is 2. The van der Waals surface area contributed by atoms with E-state index in [0.29, 0.717) is 12.8 Å². The van der Waals surface area contributed by atoms with Crippen molar-refractivity contribution < 1.29 is 19.5 Å². The summed E-state index contributed by atoms with van der Waals surface area (Å²) in [5.74, 6) is -1.06. The Morgan fingerprint density at radius 1 is 1.21 bits per heavy atom. The topological polar surface area (TPSA) is 83.5 Å². The van der Waals surface area contributed by atoms with Crippen LogP contribution in [-0.2, 0) is 22.4 Å². The smallest absolute Gasteiger partial charge is 0.303 e. The first-order chi connectivity index (χ1) is 9.04. The van der Waals surface area contributed by atoms with Gasteiger partial charge in [0.15, 0.2) is 0 Å². The number of rotatable bonds is 5. The third-order valence-electron chi connectivity index (χ3n) is 2.84. The molecule has 0 aromatic heterocycles. The normalized spacial score (nSPS) is 18.4. The first-order valence-electron chi connectivity index (χ1n) is 5.85. The second-order valence-electron chi connectivity index (χ2n) is 4.30. The quantitative estimate of drug-likeness (QED) is 0.855. The Hall–Kier alpha value is -1.82. The summed E-state index contributed by atoms with van der Waals surface area (Å²) in [6, 6.07) is 7.46. The van der Waals surface area contributed by atoms with Crippen molar-refractivity contribution >= 4 is 28.9 Å². The molecule has 0 bridgehead atoms. The summed E-state index contributed by atoms with van der Waals surface area (Å²) < 4.78 is 0. The lowest BCUT2D eigenvalue weighted by Gasteiger charge is -2.06. The number of carbonyl (C=O) groups is 3. The number of nitrogens with one attached hydrogen (secondary N) is 1. The van der Waals surface area contributed by atoms with Gasteiger partial charge in [-0.1, -0.05) is 36.0 Å². The molecule has 2 rings (SSSR count). The molecular formula is C13H13NO4S. The van der Waals surface area contributed by atoms with Crippen LogP contribution in [0, 0.1) is 0 Å². The van der Waals surface area contributed by atoms with Gasteiger partial charge in [-0.3, -0.25) is 19.7 Å². The van der Waals surface area contributed by atoms with Crippen molar-refractivity contribution in [1.29, 1.82) is 0 Å². The van der Waals surface area contributed by atoms with E-state index in [1.807, 2.05) is 24.3 Å². The zero-order valence-corrected chi connectivity index (χ0v) is 10.9. The molecule has 1 unspecified atom stereocenters. The van der Waals surface area contributed by atoms with E-state index in [2.05, 4.69) is 5.32 Å². The zero-order chi connectivity index (χ0) is 13.8. The van der Waals surface area contributed by atoms with Crippen molar-refractivity contribution in [3.63, 3.8) is 0 Å². The van der Waals surface area contributed by atoms with Crippen molar-refractivity contribution in [1.82, 2.24) is 5.32 Å². The van der Waals surface area contributed by atoms with E-state index in [4.69, 9.17) is 5.11 Å². The van der Waals surface area contributed by atoms with Gasteiger partial charge in [0.25, 0.3) is 5.24 Å². The summed E-state index contributed by atoms with van der Waals surface area (Å²) in [7, 11) is 0. The van der Waals surface area contributed by atoms with Crippen LogP contribution in [0.2, 0.25) is 0 Å². The van der Waals surface area contributed by atoms with Gasteiger partial charge in [0, 0.05) is 6.42 Å². The number of hydrogen-bond donors (Lipinski definition) is 2. The Bertz CT molecular complexity index is 512. The van der Waals surface area contributed by atoms with Gasteiger partial charge in [-0.15, -0.1) is 0 Å². The maximum atomic E-state index is 11.4. The first-order valence-corrected chi connectivity index (χ1v) is 6.73. The van der Waals surface area contributed by atoms with Crippen molar-refractivity contribution in [2.75, 3.05) is 0 Å². The molecule has 5 nitrogen and oxygen atoms in total. The molecule has 1 saturated heterocycles. The molecule has 1 aromatic carbocycles. The first kappa shape index (κ1) is 13.6. The van der Waals surface area contributed by atoms with E-state index in [-0.39, 0.29) is 22.8 Å². The maximum absolute atomic E-state index is 11.4. The molecule has 100 valence electrons. The van der Waals surface area contributed by atoms with Crippen molar-refractivity contribution in [2.24, 2.45) is 0 Å². The second kappa shape index (κ2) is 5.88. The largest absolute Gasteiger partial charge is 0.481 e. The molecule has 0 radical (unpaired) electrons. The summed E-state index contributed by atoms with van der Waals surface area (Å²) in [5, 5.41) is 10.2. The van der Waals surface area contributed by atoms with Crippen LogP contribution in [0.5, 0.6) is 0 Å². The molecule has 2 N–H and O–H groups in total. The minimum absolute atomic E-state index is 0.106. The minimum atomic E-state index is -0.818. The van der Waals surface area contributed by atoms with Crippen LogP contribution in [0.3, 0.4) is 0 Å². The van der Waals surface area contributed by atoms with Gasteiger partial charge >= 0.3 is 5.97 Å². The number of carboxylic acids is 1. The van der Waals surface area contributed by atoms with Gasteiger partial charge in [-0.2, -0.15) is 0 Å². The van der Waals surface area contributed by atoms with Gasteiger partial charge in [-0.25, -0.2) is 0 Å². The Labute approximate surface area is 114 Å². The Kier molecular flexibility index (Phi) is 4.21. The predicted molar refractivity (Wildman–Crippen MR) is 71.0 cm³/mol. The fraction of sp³-hybridized carbons (Fsp3) is 0.308. The lowest BCUT2D eigenvalue weighted by Crippen LogP contribution is -2.25. The van der Waals surface area contributed by atoms with Crippen LogP contribution in [0.25, 0.3) is 0 Å². The lowest BCUT2D eigenvalue weighted by molar-refractivity contribution is -0.137. The van der Waals surface area contributed by atoms with E-state index < -0.39 is 5.97 Å². The van der Waals surface area contributed by atoms with Crippen LogP contribution in [0.15, 0.2) is 24.3 Å². The van der Waals surface area contributed by atoms with Crippen molar-refractivity contribution in [3.05, 3.63) is 35.4 Å². The highest BCUT2D eigenvalue weighted by Gasteiger charge is 2.31. The summed E-state index contributed by atoms with van der Waals surface area (Å²) in [6.45, 7) is 0. The fourth-order valence-electron chi connectivity index (χ4n) is 1.83. The molecule has 1 aromatic rings. The standard InChI is InChI=1S/C13H13NO4S/c15-11(16)6-5-8-1-3-9(4-2-8)7-10-12(17)14-13(18)19-10/h1-4,10H,5-7H2,(H,15,16)(H,14,17,18). The molecule has 1 atom stereocenters. The van der Waals surface area contributed by atoms with E-state index in [0.717, 1.165) is 22.9 Å². The number of benzene rings is 1. The number of aryl methyl sites for hydroxylation is 1. The maximum Gasteiger partial charge on any atom is 0.303 e. The summed E-state index contributed by atoms with van der Waals surface area (Å²) in [4.78, 5) is 32.9. The highest BCUT2D eigenvalue weighted by Crippen LogP contribution is 2.23. The number of imide groups is 1. The van der Waals surface area contributed by atoms with Crippen LogP contribution in [-0.4, -0.2) is 27.5 Å². The Morgan fingerprint density at radius 2 is 1.84 bits per heavy atom. The van der Waals surface area contributed by atoms with Gasteiger partial charge in [0.05, 0.1) is 5.25 Å². The molecule has 1 aliphatic rings. The zero-order valence-electron chi connectivity index (χ0n) is 10.1. The molecule has 1 aliphatic heterocycles. The molecule has 1 heterocycles. The lowest BCUT2D eigenvalue weighted by atomic mass is 10.0. The Balaban J connectivity index is 1.93. The van der Waals surface area contributed by atoms with Crippen LogP contribution in [0.1, 0.15) is 17.5 Å². The number of carbonyl (C=O) groups excluding carboxylic acids is 2. The predicted octanol–water partition coefficient (Wildman–Crippen LogP) is 1.60. The summed E-state index contributed by atoms with van der Waals surface area (Å²) in [6.07, 6.45) is 1.10. The highest BCUT2D eigenvalue weighted by molar-refractivity contribution is 8.15. The van der Waals surface area contributed by atoms with E-state index in [9.17, 15) is 14.4 Å². The summed E-state index contributed by atoms with van der Waals surface area (Å²) >= 11 is 1.01. The average molecular weight is 279 g/mol. The molecule has 19 heavy (non-hydrogen) atoms. The van der Waals surface area contributed by atoms with Crippen LogP contribution >= 0.6 is 11.8 Å². The highest BCUT2D eigenvalue weighted by atomic mass is 32.2. The second-order valence-corrected chi connectivity index (χ2v) is 5.47. The van der Waals surface area contributed by atoms with Crippen molar-refractivity contribution in [2.45, 2.75) is 24.5 Å². The monoisotopic (exact) mass is 279 g/mol. The molecule has 0 aliphatic carbocycles. The molecule has 2 amide bonds. The van der Waals surface area contributed by atoms with E-state index >= 15 is 0 Å². The number of hydrogen-bond acceptors (Lipinski definition) is 4. The van der Waals surface area contributed by atoms with Crippen LogP contribution < -0.4 is 5.32 Å².